The molecule has 1 N–H and O–H groups in total. The lowest BCUT2D eigenvalue weighted by Gasteiger charge is -2.36. The van der Waals surface area contributed by atoms with E-state index >= 15 is 0 Å². The summed E-state index contributed by atoms with van der Waals surface area (Å²) in [5, 5.41) is 3.20. The number of hydrogen-bond donors (Lipinski definition) is 1. The molecule has 0 unspecified atom stereocenters. The number of unbranched alkanes of at least 4 members (excludes halogenated alkanes) is 2. The zero-order valence-electron chi connectivity index (χ0n) is 13.4. The normalized spacial score (nSPS) is 15.2. The first-order chi connectivity index (χ1) is 10.7. The van der Waals surface area contributed by atoms with Crippen molar-refractivity contribution >= 4 is 11.6 Å². The Morgan fingerprint density at radius 2 is 1.91 bits per heavy atom. The van der Waals surface area contributed by atoms with Crippen LogP contribution in [0, 0.1) is 5.82 Å². The van der Waals surface area contributed by atoms with Crippen LogP contribution in [0.2, 0.25) is 0 Å². The minimum atomic E-state index is -0.195. The number of rotatable bonds is 7. The maximum Gasteiger partial charge on any atom is 0.236 e. The fraction of sp³-hybridized carbons (Fsp3) is 0.588. The van der Waals surface area contributed by atoms with Crippen LogP contribution >= 0.6 is 0 Å². The summed E-state index contributed by atoms with van der Waals surface area (Å²) in [5.74, 6) is -0.0513. The zero-order valence-corrected chi connectivity index (χ0v) is 13.4. The molecule has 2 rings (SSSR count). The van der Waals surface area contributed by atoms with Crippen molar-refractivity contribution in [2.75, 3.05) is 44.2 Å². The van der Waals surface area contributed by atoms with Gasteiger partial charge < -0.3 is 15.1 Å². The topological polar surface area (TPSA) is 35.6 Å². The zero-order chi connectivity index (χ0) is 15.8. The van der Waals surface area contributed by atoms with Crippen LogP contribution in [0.15, 0.2) is 24.3 Å². The molecule has 0 saturated carbocycles. The van der Waals surface area contributed by atoms with E-state index in [4.69, 9.17) is 0 Å². The lowest BCUT2D eigenvalue weighted by atomic mass is 10.2. The van der Waals surface area contributed by atoms with Gasteiger partial charge in [-0.2, -0.15) is 0 Å². The van der Waals surface area contributed by atoms with E-state index in [1.807, 2.05) is 15.9 Å². The first-order valence-corrected chi connectivity index (χ1v) is 8.20. The molecule has 0 spiro atoms. The van der Waals surface area contributed by atoms with Crippen molar-refractivity contribution in [1.82, 2.24) is 10.2 Å². The van der Waals surface area contributed by atoms with Gasteiger partial charge >= 0.3 is 0 Å². The second-order valence-electron chi connectivity index (χ2n) is 5.70. The van der Waals surface area contributed by atoms with E-state index < -0.39 is 0 Å². The minimum absolute atomic E-state index is 0.143. The first-order valence-electron chi connectivity index (χ1n) is 8.20. The van der Waals surface area contributed by atoms with Gasteiger partial charge in [-0.1, -0.05) is 31.9 Å². The summed E-state index contributed by atoms with van der Waals surface area (Å²) in [7, 11) is 0. The number of nitrogens with one attached hydrogen (secondary N) is 1. The van der Waals surface area contributed by atoms with Gasteiger partial charge in [-0.05, 0) is 25.1 Å². The molecule has 122 valence electrons. The molecule has 1 aliphatic heterocycles. The van der Waals surface area contributed by atoms with Crippen molar-refractivity contribution in [3.8, 4) is 0 Å². The maximum absolute atomic E-state index is 13.8. The molecule has 1 saturated heterocycles. The van der Waals surface area contributed by atoms with Gasteiger partial charge in [0.05, 0.1) is 12.2 Å². The Morgan fingerprint density at radius 1 is 1.18 bits per heavy atom. The van der Waals surface area contributed by atoms with E-state index in [-0.39, 0.29) is 11.7 Å². The van der Waals surface area contributed by atoms with E-state index in [0.29, 0.717) is 38.4 Å². The van der Waals surface area contributed by atoms with Crippen LogP contribution in [0.5, 0.6) is 0 Å². The Morgan fingerprint density at radius 3 is 2.59 bits per heavy atom. The average Bonchev–Trinajstić information content (AvgIpc) is 2.55. The Labute approximate surface area is 132 Å². The fourth-order valence-corrected chi connectivity index (χ4v) is 2.71. The number of carbonyl (C=O) groups is 1. The molecule has 0 bridgehead atoms. The predicted molar refractivity (Wildman–Crippen MR) is 87.6 cm³/mol. The predicted octanol–water partition coefficient (Wildman–Crippen LogP) is 2.25. The van der Waals surface area contributed by atoms with Crippen LogP contribution in [-0.4, -0.2) is 50.1 Å². The van der Waals surface area contributed by atoms with Crippen LogP contribution in [0.3, 0.4) is 0 Å². The molecular formula is C17H26FN3O. The second-order valence-corrected chi connectivity index (χ2v) is 5.70. The van der Waals surface area contributed by atoms with Crippen molar-refractivity contribution in [2.24, 2.45) is 0 Å². The third-order valence-corrected chi connectivity index (χ3v) is 4.06. The number of para-hydroxylation sites is 1. The summed E-state index contributed by atoms with van der Waals surface area (Å²) in [6, 6.07) is 6.81. The maximum atomic E-state index is 13.8. The van der Waals surface area contributed by atoms with Gasteiger partial charge in [-0.3, -0.25) is 4.79 Å². The molecule has 0 aromatic heterocycles. The van der Waals surface area contributed by atoms with Gasteiger partial charge in [-0.25, -0.2) is 4.39 Å². The highest BCUT2D eigenvalue weighted by atomic mass is 19.1. The van der Waals surface area contributed by atoms with Crippen molar-refractivity contribution in [3.05, 3.63) is 30.1 Å². The Balaban J connectivity index is 1.72. The van der Waals surface area contributed by atoms with Crippen molar-refractivity contribution in [3.63, 3.8) is 0 Å². The van der Waals surface area contributed by atoms with E-state index in [1.54, 1.807) is 12.1 Å². The third-order valence-electron chi connectivity index (χ3n) is 4.06. The molecule has 22 heavy (non-hydrogen) atoms. The number of anilines is 1. The minimum Gasteiger partial charge on any atom is -0.366 e. The van der Waals surface area contributed by atoms with Crippen molar-refractivity contribution < 1.29 is 9.18 Å². The number of piperazine rings is 1. The molecule has 0 atom stereocenters. The SMILES string of the molecule is CCCCCNCC(=O)N1CCN(c2ccccc2F)CC1. The molecular weight excluding hydrogens is 281 g/mol. The smallest absolute Gasteiger partial charge is 0.236 e. The summed E-state index contributed by atoms with van der Waals surface area (Å²) in [6.45, 7) is 6.15. The Kier molecular flexibility index (Phi) is 6.65. The summed E-state index contributed by atoms with van der Waals surface area (Å²) >= 11 is 0. The quantitative estimate of drug-likeness (QED) is 0.785. The average molecular weight is 307 g/mol. The Hall–Kier alpha value is -1.62. The molecule has 0 radical (unpaired) electrons. The number of nitrogens with zero attached hydrogens (tertiary/aromatic N) is 2. The first kappa shape index (κ1) is 16.7. The van der Waals surface area contributed by atoms with Crippen LogP contribution in [-0.2, 0) is 4.79 Å². The van der Waals surface area contributed by atoms with Gasteiger partial charge in [0, 0.05) is 26.2 Å². The highest BCUT2D eigenvalue weighted by Crippen LogP contribution is 2.20. The lowest BCUT2D eigenvalue weighted by Crippen LogP contribution is -2.51. The van der Waals surface area contributed by atoms with Crippen molar-refractivity contribution in [2.45, 2.75) is 26.2 Å². The molecule has 1 fully saturated rings. The molecule has 4 nitrogen and oxygen atoms in total. The van der Waals surface area contributed by atoms with E-state index in [1.165, 1.54) is 18.9 Å². The van der Waals surface area contributed by atoms with Crippen LogP contribution in [0.4, 0.5) is 10.1 Å². The van der Waals surface area contributed by atoms with Crippen LogP contribution in [0.1, 0.15) is 26.2 Å². The molecule has 0 aliphatic carbocycles. The van der Waals surface area contributed by atoms with Gasteiger partial charge in [0.15, 0.2) is 0 Å². The van der Waals surface area contributed by atoms with Gasteiger partial charge in [0.2, 0.25) is 5.91 Å². The number of hydrogen-bond acceptors (Lipinski definition) is 3. The van der Waals surface area contributed by atoms with Gasteiger partial charge in [0.1, 0.15) is 5.82 Å². The van der Waals surface area contributed by atoms with Crippen LogP contribution < -0.4 is 10.2 Å². The Bertz CT molecular complexity index is 473. The monoisotopic (exact) mass is 307 g/mol. The fourth-order valence-electron chi connectivity index (χ4n) is 2.71. The molecule has 5 heteroatoms. The van der Waals surface area contributed by atoms with Gasteiger partial charge in [-0.15, -0.1) is 0 Å². The molecule has 1 amide bonds. The largest absolute Gasteiger partial charge is 0.366 e. The lowest BCUT2D eigenvalue weighted by molar-refractivity contribution is -0.130. The summed E-state index contributed by atoms with van der Waals surface area (Å²) in [4.78, 5) is 16.0. The van der Waals surface area contributed by atoms with Crippen molar-refractivity contribution in [1.29, 1.82) is 0 Å². The number of benzene rings is 1. The number of carbonyl (C=O) groups excluding carboxylic acids is 1. The second kappa shape index (κ2) is 8.73. The van der Waals surface area contributed by atoms with E-state index in [9.17, 15) is 9.18 Å². The molecule has 1 aromatic rings. The van der Waals surface area contributed by atoms with Gasteiger partial charge in [0.25, 0.3) is 0 Å². The molecule has 1 heterocycles. The standard InChI is InChI=1S/C17H26FN3O/c1-2-3-6-9-19-14-17(22)21-12-10-20(11-13-21)16-8-5-4-7-15(16)18/h4-5,7-8,19H,2-3,6,9-14H2,1H3. The highest BCUT2D eigenvalue weighted by Gasteiger charge is 2.22. The van der Waals surface area contributed by atoms with E-state index in [0.717, 1.165) is 13.0 Å². The third kappa shape index (κ3) is 4.70. The summed E-state index contributed by atoms with van der Waals surface area (Å²) < 4.78 is 13.8. The summed E-state index contributed by atoms with van der Waals surface area (Å²) in [6.07, 6.45) is 3.50. The number of halogens is 1. The number of amides is 1. The molecule has 1 aliphatic rings. The molecule has 1 aromatic carbocycles. The van der Waals surface area contributed by atoms with E-state index in [2.05, 4.69) is 12.2 Å². The van der Waals surface area contributed by atoms with Crippen LogP contribution in [0.25, 0.3) is 0 Å². The summed E-state index contributed by atoms with van der Waals surface area (Å²) in [5.41, 5.74) is 0.632. The highest BCUT2D eigenvalue weighted by molar-refractivity contribution is 5.78.